The molecule has 1 aromatic carbocycles. The van der Waals surface area contributed by atoms with E-state index in [0.29, 0.717) is 0 Å². The van der Waals surface area contributed by atoms with Gasteiger partial charge in [-0.3, -0.25) is 4.99 Å². The molecule has 3 unspecified atom stereocenters. The maximum atomic E-state index is 5.73. The minimum atomic E-state index is -0.118. The van der Waals surface area contributed by atoms with Crippen LogP contribution in [-0.4, -0.2) is 26.0 Å². The topological polar surface area (TPSA) is 30.8 Å². The Morgan fingerprint density at radius 3 is 2.61 bits per heavy atom. The van der Waals surface area contributed by atoms with Crippen molar-refractivity contribution in [2.24, 2.45) is 10.9 Å². The number of allylic oxidation sites excluding steroid dienone is 2. The Morgan fingerprint density at radius 2 is 1.91 bits per heavy atom. The van der Waals surface area contributed by atoms with Crippen molar-refractivity contribution in [3.63, 3.8) is 0 Å². The molecule has 122 valence electrons. The van der Waals surface area contributed by atoms with E-state index in [-0.39, 0.29) is 18.1 Å². The molecule has 0 amide bonds. The predicted molar refractivity (Wildman–Crippen MR) is 96.9 cm³/mol. The first kappa shape index (κ1) is 16.5. The highest BCUT2D eigenvalue weighted by atomic mass is 79.9. The minimum absolute atomic E-state index is 0.103. The Bertz CT molecular complexity index is 636. The molecule has 3 atom stereocenters. The Hall–Kier alpha value is -1.39. The van der Waals surface area contributed by atoms with Crippen LogP contribution in [-0.2, 0) is 9.47 Å². The van der Waals surface area contributed by atoms with Crippen LogP contribution in [0.15, 0.2) is 57.7 Å². The van der Waals surface area contributed by atoms with Gasteiger partial charge in [0.2, 0.25) is 0 Å². The SMILES string of the molecule is COC1=CC=C(Br)C(C2=NC(c3ccccc3)CCC2)C1OC. The van der Waals surface area contributed by atoms with E-state index in [2.05, 4.69) is 40.2 Å². The van der Waals surface area contributed by atoms with E-state index in [4.69, 9.17) is 14.5 Å². The molecule has 3 rings (SSSR count). The lowest BCUT2D eigenvalue weighted by molar-refractivity contribution is 0.0635. The van der Waals surface area contributed by atoms with Crippen molar-refractivity contribution in [3.8, 4) is 0 Å². The van der Waals surface area contributed by atoms with Gasteiger partial charge < -0.3 is 9.47 Å². The van der Waals surface area contributed by atoms with Gasteiger partial charge >= 0.3 is 0 Å². The lowest BCUT2D eigenvalue weighted by atomic mass is 9.85. The third kappa shape index (κ3) is 3.43. The van der Waals surface area contributed by atoms with E-state index in [1.165, 1.54) is 11.3 Å². The minimum Gasteiger partial charge on any atom is -0.498 e. The van der Waals surface area contributed by atoms with E-state index < -0.39 is 0 Å². The summed E-state index contributed by atoms with van der Waals surface area (Å²) in [6.07, 6.45) is 7.16. The first-order valence-corrected chi connectivity index (χ1v) is 8.79. The Morgan fingerprint density at radius 1 is 1.13 bits per heavy atom. The normalized spacial score (nSPS) is 27.8. The molecule has 0 fully saturated rings. The summed E-state index contributed by atoms with van der Waals surface area (Å²) in [5, 5.41) is 0. The Balaban J connectivity index is 1.91. The quantitative estimate of drug-likeness (QED) is 0.755. The van der Waals surface area contributed by atoms with Crippen molar-refractivity contribution in [2.45, 2.75) is 31.4 Å². The van der Waals surface area contributed by atoms with E-state index in [1.54, 1.807) is 14.2 Å². The van der Waals surface area contributed by atoms with Crippen LogP contribution < -0.4 is 0 Å². The van der Waals surface area contributed by atoms with Crippen molar-refractivity contribution >= 4 is 21.6 Å². The largest absolute Gasteiger partial charge is 0.498 e. The van der Waals surface area contributed by atoms with Gasteiger partial charge in [-0.2, -0.15) is 0 Å². The zero-order valence-electron chi connectivity index (χ0n) is 13.5. The monoisotopic (exact) mass is 375 g/mol. The van der Waals surface area contributed by atoms with Crippen LogP contribution in [0.2, 0.25) is 0 Å². The number of nitrogens with zero attached hydrogens (tertiary/aromatic N) is 1. The highest BCUT2D eigenvalue weighted by molar-refractivity contribution is 9.11. The molecular weight excluding hydrogens is 354 g/mol. The van der Waals surface area contributed by atoms with Crippen LogP contribution >= 0.6 is 15.9 Å². The number of methoxy groups -OCH3 is 2. The summed E-state index contributed by atoms with van der Waals surface area (Å²) in [7, 11) is 3.42. The maximum Gasteiger partial charge on any atom is 0.127 e. The summed E-state index contributed by atoms with van der Waals surface area (Å²) in [5.74, 6) is 0.955. The zero-order chi connectivity index (χ0) is 16.2. The van der Waals surface area contributed by atoms with Crippen molar-refractivity contribution in [3.05, 3.63) is 58.3 Å². The van der Waals surface area contributed by atoms with Crippen LogP contribution in [0.3, 0.4) is 0 Å². The van der Waals surface area contributed by atoms with Gasteiger partial charge in [0.1, 0.15) is 11.9 Å². The van der Waals surface area contributed by atoms with E-state index in [1.807, 2.05) is 18.2 Å². The lowest BCUT2D eigenvalue weighted by Gasteiger charge is -2.33. The molecule has 0 aromatic heterocycles. The van der Waals surface area contributed by atoms with E-state index in [0.717, 1.165) is 29.5 Å². The zero-order valence-corrected chi connectivity index (χ0v) is 15.1. The smallest absolute Gasteiger partial charge is 0.127 e. The predicted octanol–water partition coefficient (Wildman–Crippen LogP) is 4.81. The standard InChI is InChI=1S/C19H22BrNO2/c1-22-17-12-11-14(20)18(19(17)23-2)16-10-6-9-15(21-16)13-7-4-3-5-8-13/h3-5,7-8,11-12,15,18-19H,6,9-10H2,1-2H3. The molecule has 0 spiro atoms. The molecule has 4 heteroatoms. The number of hydrogen-bond acceptors (Lipinski definition) is 3. The number of benzene rings is 1. The second kappa shape index (κ2) is 7.45. The molecule has 2 aliphatic rings. The van der Waals surface area contributed by atoms with Crippen LogP contribution in [0.4, 0.5) is 0 Å². The van der Waals surface area contributed by atoms with Crippen molar-refractivity contribution in [1.82, 2.24) is 0 Å². The van der Waals surface area contributed by atoms with Crippen LogP contribution in [0.5, 0.6) is 0 Å². The fourth-order valence-corrected chi connectivity index (χ4v) is 4.03. The molecule has 3 nitrogen and oxygen atoms in total. The molecule has 1 heterocycles. The van der Waals surface area contributed by atoms with Gasteiger partial charge in [0.25, 0.3) is 0 Å². The number of hydrogen-bond donors (Lipinski definition) is 0. The first-order valence-electron chi connectivity index (χ1n) is 8.00. The third-order valence-electron chi connectivity index (χ3n) is 4.55. The van der Waals surface area contributed by atoms with Crippen LogP contribution in [0.25, 0.3) is 0 Å². The highest BCUT2D eigenvalue weighted by Gasteiger charge is 2.35. The average molecular weight is 376 g/mol. The summed E-state index contributed by atoms with van der Waals surface area (Å²) in [4.78, 5) is 5.08. The summed E-state index contributed by atoms with van der Waals surface area (Å²) < 4.78 is 12.3. The number of halogens is 1. The van der Waals surface area contributed by atoms with Gasteiger partial charge in [0, 0.05) is 17.3 Å². The van der Waals surface area contributed by atoms with Gasteiger partial charge in [-0.05, 0) is 37.0 Å². The summed E-state index contributed by atoms with van der Waals surface area (Å²) in [6.45, 7) is 0. The second-order valence-corrected chi connectivity index (χ2v) is 6.81. The van der Waals surface area contributed by atoms with Gasteiger partial charge in [-0.15, -0.1) is 0 Å². The lowest BCUT2D eigenvalue weighted by Crippen LogP contribution is -2.35. The van der Waals surface area contributed by atoms with Crippen molar-refractivity contribution in [2.75, 3.05) is 14.2 Å². The van der Waals surface area contributed by atoms with Gasteiger partial charge in [-0.1, -0.05) is 46.3 Å². The highest BCUT2D eigenvalue weighted by Crippen LogP contribution is 2.38. The third-order valence-corrected chi connectivity index (χ3v) is 5.31. The van der Waals surface area contributed by atoms with Gasteiger partial charge in [0.05, 0.1) is 19.1 Å². The second-order valence-electron chi connectivity index (χ2n) is 5.90. The molecule has 0 saturated carbocycles. The Labute approximate surface area is 146 Å². The molecule has 1 aliphatic heterocycles. The maximum absolute atomic E-state index is 5.73. The number of ether oxygens (including phenoxy) is 2. The van der Waals surface area contributed by atoms with Crippen LogP contribution in [0, 0.1) is 5.92 Å². The molecule has 1 aliphatic carbocycles. The van der Waals surface area contributed by atoms with Gasteiger partial charge in [-0.25, -0.2) is 0 Å². The van der Waals surface area contributed by atoms with Crippen molar-refractivity contribution in [1.29, 1.82) is 0 Å². The fraction of sp³-hybridized carbons (Fsp3) is 0.421. The van der Waals surface area contributed by atoms with Crippen molar-refractivity contribution < 1.29 is 9.47 Å². The molecule has 1 aromatic rings. The summed E-state index contributed by atoms with van der Waals surface area (Å²) in [5.41, 5.74) is 2.49. The average Bonchev–Trinajstić information content (AvgIpc) is 2.62. The molecular formula is C19H22BrNO2. The molecule has 0 saturated heterocycles. The Kier molecular flexibility index (Phi) is 5.34. The molecule has 0 radical (unpaired) electrons. The molecule has 0 N–H and O–H groups in total. The van der Waals surface area contributed by atoms with E-state index in [9.17, 15) is 0 Å². The summed E-state index contributed by atoms with van der Waals surface area (Å²) in [6, 6.07) is 10.8. The first-order chi connectivity index (χ1) is 11.2. The van der Waals surface area contributed by atoms with Gasteiger partial charge in [0.15, 0.2) is 0 Å². The molecule has 0 bridgehead atoms. The van der Waals surface area contributed by atoms with E-state index >= 15 is 0 Å². The number of aliphatic imine (C=N–C) groups is 1. The van der Waals surface area contributed by atoms with Crippen LogP contribution in [0.1, 0.15) is 30.9 Å². The molecule has 23 heavy (non-hydrogen) atoms. The summed E-state index contributed by atoms with van der Waals surface area (Å²) >= 11 is 3.70. The number of rotatable bonds is 4. The fourth-order valence-electron chi connectivity index (χ4n) is 3.40.